The number of para-hydroxylation sites is 1. The number of hydrogen-bond acceptors (Lipinski definition) is 3. The fourth-order valence-corrected chi connectivity index (χ4v) is 1.67. The summed E-state index contributed by atoms with van der Waals surface area (Å²) in [5, 5.41) is 6.72. The summed E-state index contributed by atoms with van der Waals surface area (Å²) in [7, 11) is 0. The molecule has 1 aromatic carbocycles. The van der Waals surface area contributed by atoms with Crippen LogP contribution in [0.25, 0.3) is 0 Å². The molecular weight excluding hydrogens is 226 g/mol. The lowest BCUT2D eigenvalue weighted by Gasteiger charge is -2.21. The van der Waals surface area contributed by atoms with Gasteiger partial charge in [0, 0.05) is 24.3 Å². The quantitative estimate of drug-likeness (QED) is 0.670. The van der Waals surface area contributed by atoms with E-state index in [-0.39, 0.29) is 17.9 Å². The fourth-order valence-electron chi connectivity index (χ4n) is 1.67. The lowest BCUT2D eigenvalue weighted by Crippen LogP contribution is -2.38. The Bertz CT molecular complexity index is 396. The van der Waals surface area contributed by atoms with Gasteiger partial charge < -0.3 is 16.4 Å². The van der Waals surface area contributed by atoms with E-state index in [1.165, 1.54) is 0 Å². The van der Waals surface area contributed by atoms with Crippen LogP contribution in [0.3, 0.4) is 0 Å². The summed E-state index contributed by atoms with van der Waals surface area (Å²) in [6, 6.07) is 7.75. The molecule has 0 aliphatic rings. The number of primary amides is 1. The Kier molecular flexibility index (Phi) is 5.16. The molecule has 0 radical (unpaired) electrons. The van der Waals surface area contributed by atoms with E-state index in [1.807, 2.05) is 24.3 Å². The second kappa shape index (κ2) is 6.40. The molecule has 4 nitrogen and oxygen atoms in total. The largest absolute Gasteiger partial charge is 0.384 e. The standard InChI is InChI=1S/C14H23N3O/c1-14(2,3)17-9-8-16-12-7-5-4-6-11(12)10-13(15)18/h4-7,16-17H,8-10H2,1-3H3,(H2,15,18). The molecule has 0 fully saturated rings. The van der Waals surface area contributed by atoms with Gasteiger partial charge in [0.05, 0.1) is 6.42 Å². The second-order valence-corrected chi connectivity index (χ2v) is 5.40. The van der Waals surface area contributed by atoms with Crippen LogP contribution in [0.5, 0.6) is 0 Å². The first kappa shape index (κ1) is 14.5. The van der Waals surface area contributed by atoms with Crippen LogP contribution in [0, 0.1) is 0 Å². The summed E-state index contributed by atoms with van der Waals surface area (Å²) in [5.41, 5.74) is 7.27. The zero-order chi connectivity index (χ0) is 13.6. The van der Waals surface area contributed by atoms with Gasteiger partial charge in [-0.05, 0) is 32.4 Å². The molecule has 4 heteroatoms. The first-order valence-corrected chi connectivity index (χ1v) is 6.23. The zero-order valence-electron chi connectivity index (χ0n) is 11.4. The van der Waals surface area contributed by atoms with Gasteiger partial charge in [-0.3, -0.25) is 4.79 Å². The van der Waals surface area contributed by atoms with Crippen LogP contribution in [-0.2, 0) is 11.2 Å². The van der Waals surface area contributed by atoms with Crippen molar-refractivity contribution in [2.75, 3.05) is 18.4 Å². The second-order valence-electron chi connectivity index (χ2n) is 5.40. The molecule has 0 aliphatic heterocycles. The Balaban J connectivity index is 2.49. The summed E-state index contributed by atoms with van der Waals surface area (Å²) in [5.74, 6) is -0.308. The summed E-state index contributed by atoms with van der Waals surface area (Å²) in [4.78, 5) is 11.0. The molecule has 0 saturated heterocycles. The third-order valence-corrected chi connectivity index (χ3v) is 2.48. The number of carbonyl (C=O) groups is 1. The zero-order valence-corrected chi connectivity index (χ0v) is 11.4. The third kappa shape index (κ3) is 5.68. The van der Waals surface area contributed by atoms with Crippen molar-refractivity contribution in [1.82, 2.24) is 5.32 Å². The summed E-state index contributed by atoms with van der Waals surface area (Å²) in [6.07, 6.45) is 0.274. The van der Waals surface area contributed by atoms with Crippen molar-refractivity contribution in [3.63, 3.8) is 0 Å². The molecule has 0 saturated carbocycles. The molecule has 0 spiro atoms. The molecule has 4 N–H and O–H groups in total. The first-order chi connectivity index (χ1) is 8.38. The van der Waals surface area contributed by atoms with Gasteiger partial charge in [-0.15, -0.1) is 0 Å². The molecule has 1 rings (SSSR count). The highest BCUT2D eigenvalue weighted by atomic mass is 16.1. The highest BCUT2D eigenvalue weighted by Crippen LogP contribution is 2.14. The molecule has 1 aromatic rings. The Morgan fingerprint density at radius 2 is 1.89 bits per heavy atom. The van der Waals surface area contributed by atoms with Gasteiger partial charge in [-0.25, -0.2) is 0 Å². The lowest BCUT2D eigenvalue weighted by atomic mass is 10.1. The van der Waals surface area contributed by atoms with E-state index in [4.69, 9.17) is 5.73 Å². The number of anilines is 1. The Hall–Kier alpha value is -1.55. The molecule has 0 unspecified atom stereocenters. The van der Waals surface area contributed by atoms with Gasteiger partial charge in [0.1, 0.15) is 0 Å². The number of amides is 1. The van der Waals surface area contributed by atoms with Crippen LogP contribution < -0.4 is 16.4 Å². The predicted molar refractivity (Wildman–Crippen MR) is 75.6 cm³/mol. The van der Waals surface area contributed by atoms with Crippen molar-refractivity contribution < 1.29 is 4.79 Å². The minimum atomic E-state index is -0.308. The van der Waals surface area contributed by atoms with E-state index in [1.54, 1.807) is 0 Å². The minimum absolute atomic E-state index is 0.119. The van der Waals surface area contributed by atoms with Crippen molar-refractivity contribution >= 4 is 11.6 Å². The molecular formula is C14H23N3O. The average Bonchev–Trinajstić information content (AvgIpc) is 2.24. The van der Waals surface area contributed by atoms with Gasteiger partial charge in [0.25, 0.3) is 0 Å². The molecule has 100 valence electrons. The molecule has 0 heterocycles. The maximum absolute atomic E-state index is 11.0. The number of carbonyl (C=O) groups excluding carboxylic acids is 1. The van der Waals surface area contributed by atoms with Crippen LogP contribution in [0.15, 0.2) is 24.3 Å². The van der Waals surface area contributed by atoms with E-state index in [2.05, 4.69) is 31.4 Å². The molecule has 0 atom stereocenters. The van der Waals surface area contributed by atoms with E-state index >= 15 is 0 Å². The van der Waals surface area contributed by atoms with Gasteiger partial charge >= 0.3 is 0 Å². The van der Waals surface area contributed by atoms with E-state index in [0.717, 1.165) is 24.3 Å². The maximum atomic E-state index is 11.0. The average molecular weight is 249 g/mol. The highest BCUT2D eigenvalue weighted by molar-refractivity contribution is 5.78. The van der Waals surface area contributed by atoms with Crippen molar-refractivity contribution in [2.45, 2.75) is 32.7 Å². The summed E-state index contributed by atoms with van der Waals surface area (Å²) in [6.45, 7) is 8.08. The monoisotopic (exact) mass is 249 g/mol. The van der Waals surface area contributed by atoms with Crippen LogP contribution in [-0.4, -0.2) is 24.5 Å². The minimum Gasteiger partial charge on any atom is -0.384 e. The normalized spacial score (nSPS) is 11.3. The third-order valence-electron chi connectivity index (χ3n) is 2.48. The Morgan fingerprint density at radius 1 is 1.22 bits per heavy atom. The maximum Gasteiger partial charge on any atom is 0.221 e. The predicted octanol–water partition coefficient (Wildman–Crippen LogP) is 1.51. The SMILES string of the molecule is CC(C)(C)NCCNc1ccccc1CC(N)=O. The van der Waals surface area contributed by atoms with Crippen LogP contribution >= 0.6 is 0 Å². The summed E-state index contributed by atoms with van der Waals surface area (Å²) < 4.78 is 0. The van der Waals surface area contributed by atoms with Crippen molar-refractivity contribution in [1.29, 1.82) is 0 Å². The van der Waals surface area contributed by atoms with E-state index in [0.29, 0.717) is 0 Å². The Morgan fingerprint density at radius 3 is 2.50 bits per heavy atom. The van der Waals surface area contributed by atoms with E-state index < -0.39 is 0 Å². The number of nitrogens with two attached hydrogens (primary N) is 1. The molecule has 1 amide bonds. The number of nitrogens with one attached hydrogen (secondary N) is 2. The lowest BCUT2D eigenvalue weighted by molar-refractivity contribution is -0.117. The van der Waals surface area contributed by atoms with Crippen LogP contribution in [0.4, 0.5) is 5.69 Å². The molecule has 0 bridgehead atoms. The topological polar surface area (TPSA) is 67.2 Å². The van der Waals surface area contributed by atoms with Crippen LogP contribution in [0.1, 0.15) is 26.3 Å². The van der Waals surface area contributed by atoms with Crippen molar-refractivity contribution in [3.8, 4) is 0 Å². The van der Waals surface area contributed by atoms with Crippen molar-refractivity contribution in [3.05, 3.63) is 29.8 Å². The summed E-state index contributed by atoms with van der Waals surface area (Å²) >= 11 is 0. The van der Waals surface area contributed by atoms with Gasteiger partial charge in [-0.2, -0.15) is 0 Å². The van der Waals surface area contributed by atoms with Gasteiger partial charge in [0.15, 0.2) is 0 Å². The van der Waals surface area contributed by atoms with Crippen LogP contribution in [0.2, 0.25) is 0 Å². The van der Waals surface area contributed by atoms with E-state index in [9.17, 15) is 4.79 Å². The van der Waals surface area contributed by atoms with Gasteiger partial charge in [-0.1, -0.05) is 18.2 Å². The fraction of sp³-hybridized carbons (Fsp3) is 0.500. The van der Waals surface area contributed by atoms with Gasteiger partial charge in [0.2, 0.25) is 5.91 Å². The molecule has 0 aromatic heterocycles. The van der Waals surface area contributed by atoms with Crippen molar-refractivity contribution in [2.24, 2.45) is 5.73 Å². The first-order valence-electron chi connectivity index (χ1n) is 6.23. The highest BCUT2D eigenvalue weighted by Gasteiger charge is 2.08. The molecule has 18 heavy (non-hydrogen) atoms. The number of hydrogen-bond donors (Lipinski definition) is 3. The number of benzene rings is 1. The number of rotatable bonds is 6. The smallest absolute Gasteiger partial charge is 0.221 e. The Labute approximate surface area is 109 Å². The molecule has 0 aliphatic carbocycles.